The van der Waals surface area contributed by atoms with E-state index in [4.69, 9.17) is 0 Å². The standard InChI is InChI=1S/C23H29F3N2O2/c1-3-19(11-8-17(14-27)15-4-5-15)28(20-12-13-20)21(29)16-6-9-18(10-7-16)22(2,30)23(24,25)26/h6-7,9-10,15,17,19-20,30H,3-5,8,11-13H2,1-2H3/t17-,19?,22-/m0/s1. The predicted octanol–water partition coefficient (Wildman–Crippen LogP) is 5.17. The predicted molar refractivity (Wildman–Crippen MR) is 106 cm³/mol. The van der Waals surface area contributed by atoms with Crippen molar-refractivity contribution in [3.8, 4) is 6.07 Å². The van der Waals surface area contributed by atoms with Crippen molar-refractivity contribution in [2.75, 3.05) is 0 Å². The van der Waals surface area contributed by atoms with E-state index in [1.807, 2.05) is 11.8 Å². The van der Waals surface area contributed by atoms with E-state index in [1.54, 1.807) is 0 Å². The fourth-order valence-corrected chi connectivity index (χ4v) is 4.05. The summed E-state index contributed by atoms with van der Waals surface area (Å²) in [6.45, 7) is 2.73. The molecule has 164 valence electrons. The molecule has 1 aromatic carbocycles. The van der Waals surface area contributed by atoms with Crippen LogP contribution in [0.15, 0.2) is 24.3 Å². The molecular weight excluding hydrogens is 393 g/mol. The van der Waals surface area contributed by atoms with Gasteiger partial charge in [-0.25, -0.2) is 0 Å². The van der Waals surface area contributed by atoms with E-state index in [1.165, 1.54) is 24.3 Å². The van der Waals surface area contributed by atoms with Crippen molar-refractivity contribution in [1.82, 2.24) is 4.90 Å². The lowest BCUT2D eigenvalue weighted by atomic mass is 9.93. The van der Waals surface area contributed by atoms with Crippen LogP contribution in [-0.4, -0.2) is 34.2 Å². The molecule has 1 unspecified atom stereocenters. The summed E-state index contributed by atoms with van der Waals surface area (Å²) in [6, 6.07) is 7.64. The van der Waals surface area contributed by atoms with Crippen molar-refractivity contribution < 1.29 is 23.1 Å². The Hall–Kier alpha value is -2.07. The van der Waals surface area contributed by atoms with Gasteiger partial charge in [0.1, 0.15) is 0 Å². The van der Waals surface area contributed by atoms with Gasteiger partial charge in [0.15, 0.2) is 5.60 Å². The molecule has 0 aromatic heterocycles. The highest BCUT2D eigenvalue weighted by Crippen LogP contribution is 2.41. The number of carbonyl (C=O) groups is 1. The maximum Gasteiger partial charge on any atom is 0.421 e. The van der Waals surface area contributed by atoms with E-state index < -0.39 is 11.8 Å². The van der Waals surface area contributed by atoms with Crippen molar-refractivity contribution >= 4 is 5.91 Å². The van der Waals surface area contributed by atoms with Gasteiger partial charge < -0.3 is 10.0 Å². The summed E-state index contributed by atoms with van der Waals surface area (Å²) >= 11 is 0. The molecule has 2 aliphatic carbocycles. The Balaban J connectivity index is 1.74. The Labute approximate surface area is 175 Å². The second-order valence-electron chi connectivity index (χ2n) is 8.80. The first kappa shape index (κ1) is 22.6. The first-order valence-electron chi connectivity index (χ1n) is 10.7. The van der Waals surface area contributed by atoms with Gasteiger partial charge in [0.25, 0.3) is 5.91 Å². The van der Waals surface area contributed by atoms with Crippen LogP contribution in [0.5, 0.6) is 0 Å². The van der Waals surface area contributed by atoms with Crippen LogP contribution in [0.3, 0.4) is 0 Å². The van der Waals surface area contributed by atoms with Gasteiger partial charge >= 0.3 is 6.18 Å². The fraction of sp³-hybridized carbons (Fsp3) is 0.652. The van der Waals surface area contributed by atoms with Crippen molar-refractivity contribution in [2.24, 2.45) is 11.8 Å². The van der Waals surface area contributed by atoms with E-state index in [2.05, 4.69) is 6.07 Å². The largest absolute Gasteiger partial charge is 0.421 e. The topological polar surface area (TPSA) is 64.3 Å². The van der Waals surface area contributed by atoms with Gasteiger partial charge in [-0.05, 0) is 75.5 Å². The third-order valence-corrected chi connectivity index (χ3v) is 6.45. The highest BCUT2D eigenvalue weighted by Gasteiger charge is 2.51. The summed E-state index contributed by atoms with van der Waals surface area (Å²) < 4.78 is 39.2. The molecule has 7 heteroatoms. The number of aliphatic hydroxyl groups is 1. The zero-order valence-electron chi connectivity index (χ0n) is 17.5. The lowest BCUT2D eigenvalue weighted by Crippen LogP contribution is -2.42. The molecule has 3 atom stereocenters. The summed E-state index contributed by atoms with van der Waals surface area (Å²) in [7, 11) is 0. The third kappa shape index (κ3) is 4.80. The maximum atomic E-state index is 13.2. The molecule has 0 saturated heterocycles. The van der Waals surface area contributed by atoms with Crippen LogP contribution in [0.1, 0.15) is 74.7 Å². The number of nitriles is 1. The lowest BCUT2D eigenvalue weighted by Gasteiger charge is -2.32. The molecule has 0 radical (unpaired) electrons. The molecule has 3 rings (SSSR count). The van der Waals surface area contributed by atoms with E-state index in [0.29, 0.717) is 18.4 Å². The molecule has 1 N–H and O–H groups in total. The van der Waals surface area contributed by atoms with E-state index in [0.717, 1.165) is 44.9 Å². The lowest BCUT2D eigenvalue weighted by molar-refractivity contribution is -0.258. The van der Waals surface area contributed by atoms with Crippen LogP contribution in [0.2, 0.25) is 0 Å². The summed E-state index contributed by atoms with van der Waals surface area (Å²) in [4.78, 5) is 15.1. The second-order valence-corrected chi connectivity index (χ2v) is 8.80. The molecule has 0 aliphatic heterocycles. The number of halogens is 3. The first-order chi connectivity index (χ1) is 14.1. The van der Waals surface area contributed by atoms with Crippen molar-refractivity contribution in [3.63, 3.8) is 0 Å². The molecule has 0 spiro atoms. The Morgan fingerprint density at radius 2 is 1.80 bits per heavy atom. The zero-order chi connectivity index (χ0) is 22.1. The Morgan fingerprint density at radius 1 is 1.20 bits per heavy atom. The normalized spacial score (nSPS) is 20.7. The molecule has 2 fully saturated rings. The smallest absolute Gasteiger partial charge is 0.376 e. The van der Waals surface area contributed by atoms with Gasteiger partial charge in [0, 0.05) is 23.6 Å². The monoisotopic (exact) mass is 422 g/mol. The number of nitrogens with zero attached hydrogens (tertiary/aromatic N) is 2. The molecule has 0 bridgehead atoms. The van der Waals surface area contributed by atoms with E-state index in [9.17, 15) is 28.3 Å². The molecule has 1 aromatic rings. The second kappa shape index (κ2) is 8.58. The van der Waals surface area contributed by atoms with Gasteiger partial charge in [-0.3, -0.25) is 4.79 Å². The SMILES string of the molecule is CCC(CC[C@@H](C#N)C1CC1)N(C(=O)c1ccc([C@](C)(O)C(F)(F)F)cc1)C1CC1. The summed E-state index contributed by atoms with van der Waals surface area (Å²) in [5.41, 5.74) is -2.94. The van der Waals surface area contributed by atoms with Crippen molar-refractivity contribution in [3.05, 3.63) is 35.4 Å². The minimum atomic E-state index is -4.80. The Bertz CT molecular complexity index is 790. The van der Waals surface area contributed by atoms with Crippen molar-refractivity contribution in [2.45, 2.75) is 82.7 Å². The van der Waals surface area contributed by atoms with E-state index >= 15 is 0 Å². The zero-order valence-corrected chi connectivity index (χ0v) is 17.5. The number of benzene rings is 1. The molecule has 2 aliphatic rings. The van der Waals surface area contributed by atoms with Crippen LogP contribution < -0.4 is 0 Å². The van der Waals surface area contributed by atoms with Gasteiger partial charge in [-0.15, -0.1) is 0 Å². The van der Waals surface area contributed by atoms with Crippen LogP contribution in [0.25, 0.3) is 0 Å². The fourth-order valence-electron chi connectivity index (χ4n) is 4.05. The average Bonchev–Trinajstić information content (AvgIpc) is 3.60. The van der Waals surface area contributed by atoms with Crippen molar-refractivity contribution in [1.29, 1.82) is 5.26 Å². The summed E-state index contributed by atoms with van der Waals surface area (Å²) in [5.74, 6) is 0.341. The molecule has 4 nitrogen and oxygen atoms in total. The van der Waals surface area contributed by atoms with Gasteiger partial charge in [-0.1, -0.05) is 19.1 Å². The van der Waals surface area contributed by atoms with Crippen LogP contribution in [0, 0.1) is 23.2 Å². The van der Waals surface area contributed by atoms with Gasteiger partial charge in [0.05, 0.1) is 6.07 Å². The number of hydrogen-bond donors (Lipinski definition) is 1. The number of hydrogen-bond acceptors (Lipinski definition) is 3. The molecule has 0 heterocycles. The number of amides is 1. The molecular formula is C23H29F3N2O2. The number of alkyl halides is 3. The number of rotatable bonds is 9. The van der Waals surface area contributed by atoms with Gasteiger partial charge in [0.2, 0.25) is 0 Å². The maximum absolute atomic E-state index is 13.2. The first-order valence-corrected chi connectivity index (χ1v) is 10.7. The van der Waals surface area contributed by atoms with E-state index in [-0.39, 0.29) is 29.5 Å². The quantitative estimate of drug-likeness (QED) is 0.597. The highest BCUT2D eigenvalue weighted by atomic mass is 19.4. The summed E-state index contributed by atoms with van der Waals surface area (Å²) in [5, 5.41) is 19.2. The minimum Gasteiger partial charge on any atom is -0.376 e. The summed E-state index contributed by atoms with van der Waals surface area (Å²) in [6.07, 6.45) is 1.55. The van der Waals surface area contributed by atoms with Gasteiger partial charge in [-0.2, -0.15) is 18.4 Å². The highest BCUT2D eigenvalue weighted by molar-refractivity contribution is 5.95. The third-order valence-electron chi connectivity index (χ3n) is 6.45. The average molecular weight is 422 g/mol. The van der Waals surface area contributed by atoms with Crippen LogP contribution >= 0.6 is 0 Å². The minimum absolute atomic E-state index is 0.0116. The number of carbonyl (C=O) groups excluding carboxylic acids is 1. The van der Waals surface area contributed by atoms with Crippen LogP contribution in [-0.2, 0) is 5.60 Å². The molecule has 30 heavy (non-hydrogen) atoms. The van der Waals surface area contributed by atoms with Crippen LogP contribution in [0.4, 0.5) is 13.2 Å². The Kier molecular flexibility index (Phi) is 6.47. The molecule has 2 saturated carbocycles. The molecule has 1 amide bonds. The Morgan fingerprint density at radius 3 is 2.23 bits per heavy atom.